The van der Waals surface area contributed by atoms with E-state index in [9.17, 15) is 4.79 Å². The van der Waals surface area contributed by atoms with E-state index in [1.165, 1.54) is 0 Å². The van der Waals surface area contributed by atoms with Crippen molar-refractivity contribution in [3.63, 3.8) is 0 Å². The van der Waals surface area contributed by atoms with Gasteiger partial charge in [-0.25, -0.2) is 0 Å². The number of aryl methyl sites for hydroxylation is 1. The summed E-state index contributed by atoms with van der Waals surface area (Å²) in [5, 5.41) is 0.607. The predicted molar refractivity (Wildman–Crippen MR) is 71.9 cm³/mol. The van der Waals surface area contributed by atoms with Crippen molar-refractivity contribution in [2.24, 2.45) is 0 Å². The molecule has 0 N–H and O–H groups in total. The van der Waals surface area contributed by atoms with Crippen LogP contribution in [0.1, 0.15) is 25.0 Å². The molecular formula is C14H19ClO3. The van der Waals surface area contributed by atoms with Crippen molar-refractivity contribution in [2.45, 2.75) is 33.5 Å². The highest BCUT2D eigenvalue weighted by Gasteiger charge is 2.19. The number of Topliss-reactive ketones (excluding diaryl/α,β-unsaturated/α-hetero) is 1. The number of rotatable bonds is 7. The van der Waals surface area contributed by atoms with Crippen molar-refractivity contribution in [1.82, 2.24) is 0 Å². The third kappa shape index (κ3) is 4.41. The first-order chi connectivity index (χ1) is 8.58. The van der Waals surface area contributed by atoms with Crippen LogP contribution in [0.15, 0.2) is 18.2 Å². The fourth-order valence-corrected chi connectivity index (χ4v) is 1.91. The molecule has 0 fully saturated rings. The van der Waals surface area contributed by atoms with E-state index in [0.717, 1.165) is 11.1 Å². The van der Waals surface area contributed by atoms with Crippen LogP contribution in [0, 0.1) is 6.92 Å². The third-order valence-corrected chi connectivity index (χ3v) is 2.82. The maximum Gasteiger partial charge on any atom is 0.218 e. The molecule has 0 aliphatic rings. The van der Waals surface area contributed by atoms with Crippen molar-refractivity contribution in [2.75, 3.05) is 13.2 Å². The number of hydrogen-bond acceptors (Lipinski definition) is 3. The average molecular weight is 271 g/mol. The molecular weight excluding hydrogens is 252 g/mol. The fraction of sp³-hybridized carbons (Fsp3) is 0.500. The summed E-state index contributed by atoms with van der Waals surface area (Å²) >= 11 is 6.10. The van der Waals surface area contributed by atoms with Crippen molar-refractivity contribution >= 4 is 17.4 Å². The van der Waals surface area contributed by atoms with E-state index in [2.05, 4.69) is 0 Å². The monoisotopic (exact) mass is 270 g/mol. The zero-order valence-corrected chi connectivity index (χ0v) is 11.8. The summed E-state index contributed by atoms with van der Waals surface area (Å²) in [4.78, 5) is 12.0. The standard InChI is InChI=1S/C14H19ClO3/c1-4-17-14(18-5-2)13(16)9-11-7-6-10(3)8-12(11)15/h6-8,14H,4-5,9H2,1-3H3. The summed E-state index contributed by atoms with van der Waals surface area (Å²) in [6.45, 7) is 6.51. The minimum absolute atomic E-state index is 0.107. The van der Waals surface area contributed by atoms with Gasteiger partial charge >= 0.3 is 0 Å². The van der Waals surface area contributed by atoms with Gasteiger partial charge in [0.25, 0.3) is 0 Å². The Bertz CT molecular complexity index is 398. The molecule has 0 aliphatic heterocycles. The lowest BCUT2D eigenvalue weighted by Gasteiger charge is -2.16. The summed E-state index contributed by atoms with van der Waals surface area (Å²) in [6.07, 6.45) is -0.568. The van der Waals surface area contributed by atoms with E-state index >= 15 is 0 Å². The van der Waals surface area contributed by atoms with E-state index < -0.39 is 6.29 Å². The summed E-state index contributed by atoms with van der Waals surface area (Å²) in [6, 6.07) is 5.65. The molecule has 0 aromatic heterocycles. The molecule has 0 heterocycles. The van der Waals surface area contributed by atoms with Crippen LogP contribution in [0.5, 0.6) is 0 Å². The van der Waals surface area contributed by atoms with Crippen LogP contribution >= 0.6 is 11.6 Å². The normalized spacial score (nSPS) is 10.9. The summed E-state index contributed by atoms with van der Waals surface area (Å²) < 4.78 is 10.5. The van der Waals surface area contributed by atoms with E-state index in [1.807, 2.05) is 39.0 Å². The van der Waals surface area contributed by atoms with Crippen molar-refractivity contribution < 1.29 is 14.3 Å². The number of halogens is 1. The maximum atomic E-state index is 12.0. The second kappa shape index (κ2) is 7.52. The summed E-state index contributed by atoms with van der Waals surface area (Å²) in [7, 11) is 0. The highest BCUT2D eigenvalue weighted by atomic mass is 35.5. The van der Waals surface area contributed by atoms with Gasteiger partial charge in [-0.3, -0.25) is 4.79 Å². The van der Waals surface area contributed by atoms with Gasteiger partial charge in [0.15, 0.2) is 5.78 Å². The minimum Gasteiger partial charge on any atom is -0.346 e. The number of hydrogen-bond donors (Lipinski definition) is 0. The number of carbonyl (C=O) groups is 1. The molecule has 0 bridgehead atoms. The molecule has 0 aliphatic carbocycles. The largest absolute Gasteiger partial charge is 0.346 e. The lowest BCUT2D eigenvalue weighted by Crippen LogP contribution is -2.29. The topological polar surface area (TPSA) is 35.5 Å². The number of ketones is 1. The quantitative estimate of drug-likeness (QED) is 0.714. The summed E-state index contributed by atoms with van der Waals surface area (Å²) in [5.74, 6) is -0.107. The second-order valence-corrected chi connectivity index (χ2v) is 4.39. The number of benzene rings is 1. The fourth-order valence-electron chi connectivity index (χ4n) is 1.60. The lowest BCUT2D eigenvalue weighted by molar-refractivity contribution is -0.167. The Kier molecular flexibility index (Phi) is 6.33. The van der Waals surface area contributed by atoms with Gasteiger partial charge in [0, 0.05) is 24.7 Å². The van der Waals surface area contributed by atoms with Gasteiger partial charge in [0.1, 0.15) is 0 Å². The van der Waals surface area contributed by atoms with E-state index in [-0.39, 0.29) is 12.2 Å². The van der Waals surface area contributed by atoms with Gasteiger partial charge in [0.2, 0.25) is 6.29 Å². The Balaban J connectivity index is 2.72. The molecule has 0 atom stereocenters. The molecule has 100 valence electrons. The van der Waals surface area contributed by atoms with Crippen molar-refractivity contribution in [3.05, 3.63) is 34.3 Å². The zero-order chi connectivity index (χ0) is 13.5. The third-order valence-electron chi connectivity index (χ3n) is 2.47. The van der Waals surface area contributed by atoms with Crippen LogP contribution in [0.3, 0.4) is 0 Å². The highest BCUT2D eigenvalue weighted by Crippen LogP contribution is 2.19. The second-order valence-electron chi connectivity index (χ2n) is 3.98. The molecule has 18 heavy (non-hydrogen) atoms. The number of ether oxygens (including phenoxy) is 2. The molecule has 1 rings (SSSR count). The molecule has 1 aromatic carbocycles. The van der Waals surface area contributed by atoms with Gasteiger partial charge in [-0.2, -0.15) is 0 Å². The van der Waals surface area contributed by atoms with Crippen LogP contribution in [0.2, 0.25) is 5.02 Å². The number of carbonyl (C=O) groups excluding carboxylic acids is 1. The minimum atomic E-state index is -0.794. The highest BCUT2D eigenvalue weighted by molar-refractivity contribution is 6.31. The molecule has 0 unspecified atom stereocenters. The molecule has 0 spiro atoms. The summed E-state index contributed by atoms with van der Waals surface area (Å²) in [5.41, 5.74) is 1.87. The van der Waals surface area contributed by atoms with E-state index in [0.29, 0.717) is 18.2 Å². The molecule has 0 saturated carbocycles. The maximum absolute atomic E-state index is 12.0. The molecule has 4 heteroatoms. The Morgan fingerprint density at radius 2 is 1.89 bits per heavy atom. The van der Waals surface area contributed by atoms with Gasteiger partial charge < -0.3 is 9.47 Å². The molecule has 3 nitrogen and oxygen atoms in total. The lowest BCUT2D eigenvalue weighted by atomic mass is 10.1. The van der Waals surface area contributed by atoms with Gasteiger partial charge in [0.05, 0.1) is 0 Å². The van der Waals surface area contributed by atoms with E-state index in [4.69, 9.17) is 21.1 Å². The predicted octanol–water partition coefficient (Wildman–Crippen LogP) is 3.16. The first-order valence-corrected chi connectivity index (χ1v) is 6.47. The van der Waals surface area contributed by atoms with Gasteiger partial charge in [-0.1, -0.05) is 23.7 Å². The molecule has 0 amide bonds. The first-order valence-electron chi connectivity index (χ1n) is 6.09. The first kappa shape index (κ1) is 15.2. The van der Waals surface area contributed by atoms with Crippen LogP contribution in [0.25, 0.3) is 0 Å². The van der Waals surface area contributed by atoms with Gasteiger partial charge in [-0.15, -0.1) is 0 Å². The Hall–Kier alpha value is -0.900. The Morgan fingerprint density at radius 3 is 2.39 bits per heavy atom. The van der Waals surface area contributed by atoms with Crippen LogP contribution in [-0.2, 0) is 20.7 Å². The smallest absolute Gasteiger partial charge is 0.218 e. The Morgan fingerprint density at radius 1 is 1.28 bits per heavy atom. The van der Waals surface area contributed by atoms with Crippen LogP contribution in [-0.4, -0.2) is 25.3 Å². The van der Waals surface area contributed by atoms with Crippen LogP contribution in [0.4, 0.5) is 0 Å². The van der Waals surface area contributed by atoms with Crippen LogP contribution < -0.4 is 0 Å². The SMILES string of the molecule is CCOC(OCC)C(=O)Cc1ccc(C)cc1Cl. The average Bonchev–Trinajstić information content (AvgIpc) is 2.32. The van der Waals surface area contributed by atoms with E-state index in [1.54, 1.807) is 0 Å². The Labute approximate surface area is 113 Å². The van der Waals surface area contributed by atoms with Gasteiger partial charge in [-0.05, 0) is 38.0 Å². The van der Waals surface area contributed by atoms with Crippen molar-refractivity contribution in [1.29, 1.82) is 0 Å². The zero-order valence-electron chi connectivity index (χ0n) is 11.0. The molecule has 0 saturated heterocycles. The van der Waals surface area contributed by atoms with Crippen molar-refractivity contribution in [3.8, 4) is 0 Å². The molecule has 1 aromatic rings. The molecule has 0 radical (unpaired) electrons.